The van der Waals surface area contributed by atoms with Gasteiger partial charge >= 0.3 is 0 Å². The molecule has 0 aliphatic rings. The van der Waals surface area contributed by atoms with Crippen LogP contribution in [0.5, 0.6) is 0 Å². The summed E-state index contributed by atoms with van der Waals surface area (Å²) in [5, 5.41) is 2.78. The van der Waals surface area contributed by atoms with E-state index < -0.39 is 34.3 Å². The summed E-state index contributed by atoms with van der Waals surface area (Å²) in [6.45, 7) is 3.29. The van der Waals surface area contributed by atoms with Gasteiger partial charge in [-0.05, 0) is 43.7 Å². The van der Waals surface area contributed by atoms with Crippen LogP contribution in [0, 0.1) is 5.82 Å². The van der Waals surface area contributed by atoms with Crippen molar-refractivity contribution in [3.8, 4) is 0 Å². The van der Waals surface area contributed by atoms with Crippen molar-refractivity contribution in [2.75, 3.05) is 23.7 Å². The Balaban J connectivity index is 2.35. The molecule has 10 heteroatoms. The molecule has 0 aliphatic heterocycles. The van der Waals surface area contributed by atoms with Gasteiger partial charge in [-0.25, -0.2) is 12.8 Å². The number of unbranched alkanes of at least 4 members (excludes halogenated alkanes) is 1. The maximum atomic E-state index is 14.3. The second kappa shape index (κ2) is 12.1. The van der Waals surface area contributed by atoms with Gasteiger partial charge < -0.3 is 10.2 Å². The Hall–Kier alpha value is -2.46. The van der Waals surface area contributed by atoms with Gasteiger partial charge in [0.15, 0.2) is 0 Å². The summed E-state index contributed by atoms with van der Waals surface area (Å²) in [4.78, 5) is 27.2. The van der Waals surface area contributed by atoms with Crippen LogP contribution in [0.1, 0.15) is 32.3 Å². The first-order valence-electron chi connectivity index (χ1n) is 10.6. The molecule has 180 valence electrons. The van der Waals surface area contributed by atoms with E-state index >= 15 is 0 Å². The number of nitrogens with zero attached hydrogens (tertiary/aromatic N) is 2. The third kappa shape index (κ3) is 7.82. The highest BCUT2D eigenvalue weighted by molar-refractivity contribution is 9.10. The molecular weight excluding hydrogens is 513 g/mol. The summed E-state index contributed by atoms with van der Waals surface area (Å²) in [7, 11) is -3.81. The molecule has 0 aliphatic carbocycles. The average molecular weight is 542 g/mol. The van der Waals surface area contributed by atoms with Crippen molar-refractivity contribution < 1.29 is 22.4 Å². The third-order valence-electron chi connectivity index (χ3n) is 5.09. The molecule has 0 heterocycles. The van der Waals surface area contributed by atoms with Crippen molar-refractivity contribution in [2.24, 2.45) is 0 Å². The van der Waals surface area contributed by atoms with E-state index in [1.807, 2.05) is 6.92 Å². The fraction of sp³-hybridized carbons (Fsp3) is 0.391. The maximum absolute atomic E-state index is 14.3. The molecule has 1 N–H and O–H groups in total. The number of hydrogen-bond donors (Lipinski definition) is 1. The molecule has 2 rings (SSSR count). The molecule has 1 atom stereocenters. The average Bonchev–Trinajstić information content (AvgIpc) is 2.76. The van der Waals surface area contributed by atoms with Gasteiger partial charge in [-0.2, -0.15) is 0 Å². The van der Waals surface area contributed by atoms with Crippen molar-refractivity contribution >= 4 is 43.5 Å². The number of amides is 2. The predicted octanol–water partition coefficient (Wildman–Crippen LogP) is 3.69. The standard InChI is InChI=1S/C23H29BrFN3O4S/c1-4-5-14-26-23(30)17(2)27(15-18-8-6-7-9-21(18)25)22(29)16-28(33(3,31)32)20-12-10-19(24)11-13-20/h6-13,17H,4-5,14-16H2,1-3H3,(H,26,30)/t17-/m1/s1. The van der Waals surface area contributed by atoms with E-state index in [9.17, 15) is 22.4 Å². The Morgan fingerprint density at radius 3 is 2.33 bits per heavy atom. The minimum atomic E-state index is -3.81. The molecule has 2 aromatic rings. The van der Waals surface area contributed by atoms with Crippen LogP contribution in [0.15, 0.2) is 53.0 Å². The molecule has 2 aromatic carbocycles. The Bertz CT molecular complexity index is 1060. The lowest BCUT2D eigenvalue weighted by atomic mass is 10.1. The van der Waals surface area contributed by atoms with Crippen LogP contribution in [-0.2, 0) is 26.2 Å². The largest absolute Gasteiger partial charge is 0.354 e. The maximum Gasteiger partial charge on any atom is 0.244 e. The smallest absolute Gasteiger partial charge is 0.244 e. The number of nitrogens with one attached hydrogen (secondary N) is 1. The van der Waals surface area contributed by atoms with E-state index in [2.05, 4.69) is 21.2 Å². The second-order valence-corrected chi connectivity index (χ2v) is 10.5. The normalized spacial score (nSPS) is 12.2. The van der Waals surface area contributed by atoms with Crippen molar-refractivity contribution in [3.05, 3.63) is 64.4 Å². The number of hydrogen-bond acceptors (Lipinski definition) is 4. The lowest BCUT2D eigenvalue weighted by Gasteiger charge is -2.31. The minimum absolute atomic E-state index is 0.175. The van der Waals surface area contributed by atoms with Crippen LogP contribution in [0.4, 0.5) is 10.1 Å². The monoisotopic (exact) mass is 541 g/mol. The lowest BCUT2D eigenvalue weighted by molar-refractivity contribution is -0.139. The zero-order valence-electron chi connectivity index (χ0n) is 18.9. The van der Waals surface area contributed by atoms with Crippen LogP contribution in [-0.4, -0.2) is 50.5 Å². The highest BCUT2D eigenvalue weighted by Crippen LogP contribution is 2.22. The molecule has 0 spiro atoms. The number of carbonyl (C=O) groups is 2. The molecule has 0 saturated carbocycles. The SMILES string of the molecule is CCCCNC(=O)[C@@H](C)N(Cc1ccccc1F)C(=O)CN(c1ccc(Br)cc1)S(C)(=O)=O. The minimum Gasteiger partial charge on any atom is -0.354 e. The zero-order valence-corrected chi connectivity index (χ0v) is 21.3. The van der Waals surface area contributed by atoms with E-state index in [0.717, 1.165) is 27.9 Å². The molecular formula is C23H29BrFN3O4S. The quantitative estimate of drug-likeness (QED) is 0.439. The highest BCUT2D eigenvalue weighted by Gasteiger charge is 2.30. The number of benzene rings is 2. The van der Waals surface area contributed by atoms with Gasteiger partial charge in [0.1, 0.15) is 18.4 Å². The molecule has 0 saturated heterocycles. The fourth-order valence-electron chi connectivity index (χ4n) is 3.15. The van der Waals surface area contributed by atoms with Crippen molar-refractivity contribution in [2.45, 2.75) is 39.3 Å². The van der Waals surface area contributed by atoms with E-state index in [1.54, 1.807) is 37.3 Å². The van der Waals surface area contributed by atoms with Gasteiger partial charge in [-0.3, -0.25) is 13.9 Å². The van der Waals surface area contributed by atoms with Crippen LogP contribution in [0.3, 0.4) is 0 Å². The first-order chi connectivity index (χ1) is 15.5. The van der Waals surface area contributed by atoms with Gasteiger partial charge in [0, 0.05) is 23.1 Å². The summed E-state index contributed by atoms with van der Waals surface area (Å²) in [6, 6.07) is 11.5. The van der Waals surface area contributed by atoms with E-state index in [-0.39, 0.29) is 18.0 Å². The molecule has 0 fully saturated rings. The highest BCUT2D eigenvalue weighted by atomic mass is 79.9. The van der Waals surface area contributed by atoms with Gasteiger partial charge in [-0.1, -0.05) is 47.5 Å². The van der Waals surface area contributed by atoms with E-state index in [1.165, 1.54) is 23.1 Å². The topological polar surface area (TPSA) is 86.8 Å². The summed E-state index contributed by atoms with van der Waals surface area (Å²) in [5.74, 6) is -1.52. The lowest BCUT2D eigenvalue weighted by Crippen LogP contribution is -2.51. The van der Waals surface area contributed by atoms with Crippen LogP contribution >= 0.6 is 15.9 Å². The Morgan fingerprint density at radius 1 is 1.12 bits per heavy atom. The number of rotatable bonds is 11. The van der Waals surface area contributed by atoms with Gasteiger partial charge in [0.05, 0.1) is 11.9 Å². The van der Waals surface area contributed by atoms with Crippen LogP contribution in [0.2, 0.25) is 0 Å². The second-order valence-electron chi connectivity index (χ2n) is 7.68. The summed E-state index contributed by atoms with van der Waals surface area (Å²) < 4.78 is 41.0. The molecule has 2 amide bonds. The molecule has 0 radical (unpaired) electrons. The summed E-state index contributed by atoms with van der Waals surface area (Å²) in [5.41, 5.74) is 0.536. The first-order valence-corrected chi connectivity index (χ1v) is 13.2. The van der Waals surface area contributed by atoms with Crippen molar-refractivity contribution in [1.29, 1.82) is 0 Å². The van der Waals surface area contributed by atoms with Crippen LogP contribution in [0.25, 0.3) is 0 Å². The van der Waals surface area contributed by atoms with Gasteiger partial charge in [-0.15, -0.1) is 0 Å². The Kier molecular flexibility index (Phi) is 9.85. The Labute approximate surface area is 203 Å². The van der Waals surface area contributed by atoms with Crippen molar-refractivity contribution in [3.63, 3.8) is 0 Å². The first kappa shape index (κ1) is 26.8. The number of carbonyl (C=O) groups excluding carboxylic acids is 2. The summed E-state index contributed by atoms with van der Waals surface area (Å²) in [6.07, 6.45) is 2.68. The molecule has 0 unspecified atom stereocenters. The van der Waals surface area contributed by atoms with Crippen molar-refractivity contribution in [1.82, 2.24) is 10.2 Å². The Morgan fingerprint density at radius 2 is 1.76 bits per heavy atom. The third-order valence-corrected chi connectivity index (χ3v) is 6.76. The zero-order chi connectivity index (χ0) is 24.6. The predicted molar refractivity (Wildman–Crippen MR) is 131 cm³/mol. The van der Waals surface area contributed by atoms with E-state index in [0.29, 0.717) is 12.2 Å². The van der Waals surface area contributed by atoms with Crippen LogP contribution < -0.4 is 9.62 Å². The molecule has 0 aromatic heterocycles. The molecule has 7 nitrogen and oxygen atoms in total. The number of halogens is 2. The molecule has 33 heavy (non-hydrogen) atoms. The van der Waals surface area contributed by atoms with Gasteiger partial charge in [0.2, 0.25) is 21.8 Å². The van der Waals surface area contributed by atoms with Gasteiger partial charge in [0.25, 0.3) is 0 Å². The fourth-order valence-corrected chi connectivity index (χ4v) is 4.26. The summed E-state index contributed by atoms with van der Waals surface area (Å²) >= 11 is 3.30. The molecule has 0 bridgehead atoms. The number of anilines is 1. The number of sulfonamides is 1. The van der Waals surface area contributed by atoms with E-state index in [4.69, 9.17) is 0 Å².